The van der Waals surface area contributed by atoms with Crippen molar-refractivity contribution < 1.29 is 13.6 Å². The summed E-state index contributed by atoms with van der Waals surface area (Å²) in [5, 5.41) is 2.88. The van der Waals surface area contributed by atoms with Crippen LogP contribution in [0.1, 0.15) is 53.7 Å². The summed E-state index contributed by atoms with van der Waals surface area (Å²) in [7, 11) is 0. The molecule has 7 heteroatoms. The molecule has 5 nitrogen and oxygen atoms in total. The molecule has 1 amide bonds. The van der Waals surface area contributed by atoms with E-state index in [1.165, 1.54) is 24.3 Å². The number of nitrogens with one attached hydrogen (secondary N) is 1. The standard InChI is InChI=1S/C25H26F2N4O/c1-14-6-8-16(12-19(14)28)17-10-11-29-13-22(17)31-25(32)21-5-3-4-20(30-21)23-18(26)9-7-15(2)24(23)27/h3-5,7,9-11,13-14,16,19H,6,8,12,28H2,1-2H3,(H,31,32)/t14-,16+,19+/m0/s1. The van der Waals surface area contributed by atoms with Crippen molar-refractivity contribution >= 4 is 11.6 Å². The highest BCUT2D eigenvalue weighted by Gasteiger charge is 2.28. The smallest absolute Gasteiger partial charge is 0.274 e. The molecule has 1 aliphatic carbocycles. The highest BCUT2D eigenvalue weighted by atomic mass is 19.1. The lowest BCUT2D eigenvalue weighted by Crippen LogP contribution is -2.34. The molecule has 2 heterocycles. The molecular formula is C25H26F2N4O. The fourth-order valence-electron chi connectivity index (χ4n) is 4.28. The molecule has 3 aromatic rings. The number of carbonyl (C=O) groups excluding carboxylic acids is 1. The van der Waals surface area contributed by atoms with Gasteiger partial charge in [0, 0.05) is 12.2 Å². The Hall–Kier alpha value is -3.19. The third-order valence-corrected chi connectivity index (χ3v) is 6.32. The Morgan fingerprint density at radius 1 is 1.16 bits per heavy atom. The number of aryl methyl sites for hydroxylation is 1. The monoisotopic (exact) mass is 436 g/mol. The maximum atomic E-state index is 14.5. The average Bonchev–Trinajstić information content (AvgIpc) is 2.79. The number of benzene rings is 1. The molecule has 0 aliphatic heterocycles. The molecule has 1 fully saturated rings. The van der Waals surface area contributed by atoms with Crippen LogP contribution in [0.4, 0.5) is 14.5 Å². The number of nitrogens with zero attached hydrogens (tertiary/aromatic N) is 2. The number of amides is 1. The first-order valence-electron chi connectivity index (χ1n) is 10.8. The van der Waals surface area contributed by atoms with Crippen LogP contribution in [0.3, 0.4) is 0 Å². The largest absolute Gasteiger partial charge is 0.327 e. The van der Waals surface area contributed by atoms with Gasteiger partial charge < -0.3 is 11.1 Å². The molecule has 166 valence electrons. The second-order valence-corrected chi connectivity index (χ2v) is 8.53. The number of anilines is 1. The summed E-state index contributed by atoms with van der Waals surface area (Å²) in [5.74, 6) is -1.18. The molecule has 1 aromatic carbocycles. The zero-order valence-corrected chi connectivity index (χ0v) is 18.1. The number of rotatable bonds is 4. The number of halogens is 2. The molecule has 0 radical (unpaired) electrons. The third kappa shape index (κ3) is 4.39. The van der Waals surface area contributed by atoms with Crippen molar-refractivity contribution in [3.8, 4) is 11.3 Å². The van der Waals surface area contributed by atoms with E-state index in [2.05, 4.69) is 22.2 Å². The van der Waals surface area contributed by atoms with Gasteiger partial charge in [-0.05, 0) is 73.4 Å². The van der Waals surface area contributed by atoms with Gasteiger partial charge in [-0.3, -0.25) is 9.78 Å². The van der Waals surface area contributed by atoms with Crippen LogP contribution in [-0.2, 0) is 0 Å². The van der Waals surface area contributed by atoms with E-state index in [9.17, 15) is 13.6 Å². The number of hydrogen-bond donors (Lipinski definition) is 2. The number of pyridine rings is 2. The van der Waals surface area contributed by atoms with Crippen molar-refractivity contribution in [3.63, 3.8) is 0 Å². The molecule has 0 spiro atoms. The van der Waals surface area contributed by atoms with Gasteiger partial charge in [-0.25, -0.2) is 13.8 Å². The van der Waals surface area contributed by atoms with Crippen LogP contribution >= 0.6 is 0 Å². The van der Waals surface area contributed by atoms with E-state index in [1.807, 2.05) is 6.07 Å². The Kier molecular flexibility index (Phi) is 6.28. The van der Waals surface area contributed by atoms with Crippen LogP contribution < -0.4 is 11.1 Å². The molecule has 3 atom stereocenters. The minimum absolute atomic E-state index is 0.0616. The first kappa shape index (κ1) is 22.0. The summed E-state index contributed by atoms with van der Waals surface area (Å²) in [6.45, 7) is 3.71. The second-order valence-electron chi connectivity index (χ2n) is 8.53. The van der Waals surface area contributed by atoms with Crippen molar-refractivity contribution in [2.24, 2.45) is 11.7 Å². The van der Waals surface area contributed by atoms with Gasteiger partial charge in [-0.15, -0.1) is 0 Å². The summed E-state index contributed by atoms with van der Waals surface area (Å²) >= 11 is 0. The molecule has 0 saturated heterocycles. The van der Waals surface area contributed by atoms with Gasteiger partial charge in [0.05, 0.1) is 23.1 Å². The Balaban J connectivity index is 1.60. The van der Waals surface area contributed by atoms with Crippen molar-refractivity contribution in [1.29, 1.82) is 0 Å². The van der Waals surface area contributed by atoms with Gasteiger partial charge in [-0.1, -0.05) is 19.1 Å². The van der Waals surface area contributed by atoms with Crippen LogP contribution in [0.15, 0.2) is 48.8 Å². The van der Waals surface area contributed by atoms with Crippen molar-refractivity contribution in [3.05, 3.63) is 77.2 Å². The fraction of sp³-hybridized carbons (Fsp3) is 0.320. The van der Waals surface area contributed by atoms with Gasteiger partial charge in [0.25, 0.3) is 5.91 Å². The Morgan fingerprint density at radius 3 is 2.75 bits per heavy atom. The van der Waals surface area contributed by atoms with Crippen LogP contribution in [0, 0.1) is 24.5 Å². The Labute approximate surface area is 186 Å². The average molecular weight is 437 g/mol. The molecule has 1 aliphatic rings. The van der Waals surface area contributed by atoms with Gasteiger partial charge in [0.1, 0.15) is 17.3 Å². The van der Waals surface area contributed by atoms with Crippen molar-refractivity contribution in [2.75, 3.05) is 5.32 Å². The molecule has 4 rings (SSSR count). The summed E-state index contributed by atoms with van der Waals surface area (Å²) in [5.41, 5.74) is 8.06. The van der Waals surface area contributed by atoms with Crippen molar-refractivity contribution in [1.82, 2.24) is 9.97 Å². The fourth-order valence-corrected chi connectivity index (χ4v) is 4.28. The van der Waals surface area contributed by atoms with E-state index in [-0.39, 0.29) is 28.9 Å². The molecule has 1 saturated carbocycles. The van der Waals surface area contributed by atoms with Gasteiger partial charge in [0.15, 0.2) is 0 Å². The topological polar surface area (TPSA) is 80.9 Å². The predicted molar refractivity (Wildman–Crippen MR) is 120 cm³/mol. The van der Waals surface area contributed by atoms with E-state index in [1.54, 1.807) is 25.4 Å². The Bertz CT molecular complexity index is 1150. The van der Waals surface area contributed by atoms with Crippen LogP contribution in [0.25, 0.3) is 11.3 Å². The lowest BCUT2D eigenvalue weighted by molar-refractivity contribution is 0.102. The number of hydrogen-bond acceptors (Lipinski definition) is 4. The maximum Gasteiger partial charge on any atom is 0.274 e. The third-order valence-electron chi connectivity index (χ3n) is 6.32. The lowest BCUT2D eigenvalue weighted by Gasteiger charge is -2.32. The van der Waals surface area contributed by atoms with Gasteiger partial charge in [0.2, 0.25) is 0 Å². The van der Waals surface area contributed by atoms with E-state index in [0.29, 0.717) is 17.2 Å². The zero-order valence-electron chi connectivity index (χ0n) is 18.1. The highest BCUT2D eigenvalue weighted by Crippen LogP contribution is 2.38. The summed E-state index contributed by atoms with van der Waals surface area (Å²) in [6, 6.07) is 9.14. The molecule has 2 aromatic heterocycles. The van der Waals surface area contributed by atoms with Crippen LogP contribution in [-0.4, -0.2) is 21.9 Å². The molecule has 32 heavy (non-hydrogen) atoms. The zero-order chi connectivity index (χ0) is 22.8. The first-order chi connectivity index (χ1) is 15.3. The van der Waals surface area contributed by atoms with E-state index in [4.69, 9.17) is 5.73 Å². The SMILES string of the molecule is Cc1ccc(F)c(-c2cccc(C(=O)Nc3cnccc3[C@@H]3CC[C@H](C)[C@H](N)C3)n2)c1F. The minimum atomic E-state index is -0.726. The number of nitrogens with two attached hydrogens (primary N) is 1. The first-order valence-corrected chi connectivity index (χ1v) is 10.8. The summed E-state index contributed by atoms with van der Waals surface area (Å²) < 4.78 is 28.9. The minimum Gasteiger partial charge on any atom is -0.327 e. The summed E-state index contributed by atoms with van der Waals surface area (Å²) in [6.07, 6.45) is 6.17. The molecule has 0 unspecified atom stereocenters. The van der Waals surface area contributed by atoms with E-state index >= 15 is 0 Å². The van der Waals surface area contributed by atoms with Gasteiger partial charge in [-0.2, -0.15) is 0 Å². The molecule has 3 N–H and O–H groups in total. The predicted octanol–water partition coefficient (Wildman–Crippen LogP) is 5.21. The maximum absolute atomic E-state index is 14.5. The van der Waals surface area contributed by atoms with Crippen LogP contribution in [0.2, 0.25) is 0 Å². The Morgan fingerprint density at radius 2 is 1.97 bits per heavy atom. The highest BCUT2D eigenvalue weighted by molar-refractivity contribution is 6.03. The van der Waals surface area contributed by atoms with Gasteiger partial charge >= 0.3 is 0 Å². The normalized spacial score (nSPS) is 20.7. The number of carbonyl (C=O) groups is 1. The molecular weight excluding hydrogens is 410 g/mol. The van der Waals surface area contributed by atoms with Crippen molar-refractivity contribution in [2.45, 2.75) is 45.1 Å². The molecule has 0 bridgehead atoms. The lowest BCUT2D eigenvalue weighted by atomic mass is 9.76. The summed E-state index contributed by atoms with van der Waals surface area (Å²) in [4.78, 5) is 21.4. The number of aromatic nitrogens is 2. The quantitative estimate of drug-likeness (QED) is 0.588. The van der Waals surface area contributed by atoms with E-state index < -0.39 is 17.5 Å². The van der Waals surface area contributed by atoms with Crippen LogP contribution in [0.5, 0.6) is 0 Å². The second kappa shape index (κ2) is 9.12. The van der Waals surface area contributed by atoms with E-state index in [0.717, 1.165) is 24.8 Å².